The number of anilines is 2. The van der Waals surface area contributed by atoms with Crippen LogP contribution in [0.1, 0.15) is 55.0 Å². The number of nitrogens with zero attached hydrogens (tertiary/aromatic N) is 6. The van der Waals surface area contributed by atoms with Crippen LogP contribution in [0.4, 0.5) is 16.0 Å². The molecule has 11 heteroatoms. The molecule has 0 aromatic carbocycles. The fraction of sp³-hybridized carbons (Fsp3) is 0.308. The van der Waals surface area contributed by atoms with Gasteiger partial charge in [0.2, 0.25) is 5.91 Å². The number of aryl methyl sites for hydroxylation is 2. The molecular formula is C26H28FN9O. The van der Waals surface area contributed by atoms with Gasteiger partial charge in [0.15, 0.2) is 23.3 Å². The van der Waals surface area contributed by atoms with Gasteiger partial charge in [0.05, 0.1) is 18.4 Å². The van der Waals surface area contributed by atoms with Crippen molar-refractivity contribution in [3.05, 3.63) is 77.5 Å². The maximum Gasteiger partial charge on any atom is 0.223 e. The molecular weight excluding hydrogens is 473 g/mol. The van der Waals surface area contributed by atoms with E-state index in [1.54, 1.807) is 12.3 Å². The number of carbonyl (C=O) groups excluding carboxylic acids is 1. The molecule has 2 atom stereocenters. The van der Waals surface area contributed by atoms with Gasteiger partial charge in [0.1, 0.15) is 5.82 Å². The lowest BCUT2D eigenvalue weighted by atomic mass is 9.88. The highest BCUT2D eigenvalue weighted by molar-refractivity contribution is 5.80. The molecule has 4 aromatic heterocycles. The van der Waals surface area contributed by atoms with E-state index in [1.165, 1.54) is 10.9 Å². The molecule has 4 aromatic rings. The van der Waals surface area contributed by atoms with Crippen molar-refractivity contribution in [1.82, 2.24) is 40.2 Å². The van der Waals surface area contributed by atoms with Gasteiger partial charge in [-0.05, 0) is 57.2 Å². The van der Waals surface area contributed by atoms with E-state index in [2.05, 4.69) is 47.0 Å². The largest absolute Gasteiger partial charge is 0.349 e. The zero-order valence-electron chi connectivity index (χ0n) is 20.9. The summed E-state index contributed by atoms with van der Waals surface area (Å²) in [4.78, 5) is 26.6. The Morgan fingerprint density at radius 2 is 2.05 bits per heavy atom. The molecule has 1 aliphatic rings. The number of carbonyl (C=O) groups is 1. The Hall–Kier alpha value is -4.41. The third-order valence-electron chi connectivity index (χ3n) is 6.30. The Morgan fingerprint density at radius 3 is 2.70 bits per heavy atom. The zero-order chi connectivity index (χ0) is 25.9. The van der Waals surface area contributed by atoms with E-state index in [0.717, 1.165) is 28.7 Å². The van der Waals surface area contributed by atoms with Gasteiger partial charge in [-0.2, -0.15) is 10.2 Å². The van der Waals surface area contributed by atoms with E-state index in [1.807, 2.05) is 39.0 Å². The Kier molecular flexibility index (Phi) is 6.76. The van der Waals surface area contributed by atoms with Gasteiger partial charge in [-0.15, -0.1) is 0 Å². The number of aromatic nitrogens is 7. The number of H-pyrrole nitrogens is 1. The third kappa shape index (κ3) is 5.71. The van der Waals surface area contributed by atoms with Crippen LogP contribution in [0.15, 0.2) is 48.9 Å². The quantitative estimate of drug-likeness (QED) is 0.344. The van der Waals surface area contributed by atoms with Gasteiger partial charge in [-0.1, -0.05) is 12.1 Å². The summed E-state index contributed by atoms with van der Waals surface area (Å²) in [5, 5.41) is 17.3. The second-order valence-corrected chi connectivity index (χ2v) is 9.26. The molecule has 4 heterocycles. The molecule has 0 fully saturated rings. The zero-order valence-corrected chi connectivity index (χ0v) is 20.9. The molecule has 0 radical (unpaired) electrons. The first-order valence-corrected chi connectivity index (χ1v) is 12.1. The summed E-state index contributed by atoms with van der Waals surface area (Å²) in [5.41, 5.74) is 3.71. The maximum absolute atomic E-state index is 13.2. The van der Waals surface area contributed by atoms with Crippen LogP contribution in [0, 0.1) is 25.6 Å². The third-order valence-corrected chi connectivity index (χ3v) is 6.30. The minimum absolute atomic E-state index is 0.00226. The van der Waals surface area contributed by atoms with Crippen LogP contribution in [0.5, 0.6) is 0 Å². The van der Waals surface area contributed by atoms with Crippen LogP contribution in [-0.2, 0) is 4.79 Å². The monoisotopic (exact) mass is 501 g/mol. The molecule has 1 amide bonds. The highest BCUT2D eigenvalue weighted by atomic mass is 19.1. The van der Waals surface area contributed by atoms with Crippen molar-refractivity contribution in [3.63, 3.8) is 0 Å². The summed E-state index contributed by atoms with van der Waals surface area (Å²) in [6.45, 7) is 5.79. The summed E-state index contributed by atoms with van der Waals surface area (Å²) in [5.74, 6) is 2.01. The molecule has 3 N–H and O–H groups in total. The van der Waals surface area contributed by atoms with Crippen LogP contribution in [-0.4, -0.2) is 40.8 Å². The molecule has 0 spiro atoms. The molecule has 0 saturated carbocycles. The molecule has 1 unspecified atom stereocenters. The van der Waals surface area contributed by atoms with E-state index >= 15 is 0 Å². The minimum atomic E-state index is -0.425. The number of halogens is 1. The van der Waals surface area contributed by atoms with Crippen molar-refractivity contribution in [3.8, 4) is 5.82 Å². The van der Waals surface area contributed by atoms with Gasteiger partial charge in [0, 0.05) is 35.6 Å². The van der Waals surface area contributed by atoms with E-state index in [9.17, 15) is 9.18 Å². The van der Waals surface area contributed by atoms with Gasteiger partial charge in [-0.3, -0.25) is 9.89 Å². The average Bonchev–Trinajstić information content (AvgIpc) is 3.51. The van der Waals surface area contributed by atoms with E-state index < -0.39 is 5.82 Å². The van der Waals surface area contributed by atoms with Crippen LogP contribution in [0.3, 0.4) is 0 Å². The first-order chi connectivity index (χ1) is 17.8. The standard InChI is InChI=1S/C26H28FN9O/c1-15-10-22(32-23-11-16(2)34-35-23)33-25(30-15)18-4-6-19(7-5-18)26(37)31-17(3)20-8-9-24(28-12-20)36-14-21(27)13-29-36/h4,8-14,17,19H,5-7H2,1-3H3,(H,31,37)(H2,30,32,33,34,35)/t17-,19?/m0/s1. The van der Waals surface area contributed by atoms with Crippen LogP contribution >= 0.6 is 0 Å². The molecule has 1 aliphatic carbocycles. The first kappa shape index (κ1) is 24.3. The summed E-state index contributed by atoms with van der Waals surface area (Å²) >= 11 is 0. The summed E-state index contributed by atoms with van der Waals surface area (Å²) in [6.07, 6.45) is 8.18. The molecule has 5 rings (SSSR count). The second-order valence-electron chi connectivity index (χ2n) is 9.26. The SMILES string of the molecule is Cc1cc(Nc2cc(C)[nH]n2)nc(C2=CCC(C(=O)N[C@@H](C)c3ccc(-n4cc(F)cn4)nc3)CC2)n1. The highest BCUT2D eigenvalue weighted by Crippen LogP contribution is 2.30. The fourth-order valence-electron chi connectivity index (χ4n) is 4.29. The van der Waals surface area contributed by atoms with Crippen LogP contribution in [0.25, 0.3) is 11.4 Å². The van der Waals surface area contributed by atoms with E-state index in [4.69, 9.17) is 0 Å². The smallest absolute Gasteiger partial charge is 0.223 e. The van der Waals surface area contributed by atoms with E-state index in [-0.39, 0.29) is 17.9 Å². The van der Waals surface area contributed by atoms with Gasteiger partial charge in [0.25, 0.3) is 0 Å². The van der Waals surface area contributed by atoms with Gasteiger partial charge >= 0.3 is 0 Å². The number of pyridine rings is 1. The molecule has 0 aliphatic heterocycles. The lowest BCUT2D eigenvalue weighted by Gasteiger charge is -2.23. The Balaban J connectivity index is 1.20. The van der Waals surface area contributed by atoms with Crippen molar-refractivity contribution in [2.24, 2.45) is 5.92 Å². The first-order valence-electron chi connectivity index (χ1n) is 12.1. The van der Waals surface area contributed by atoms with Crippen LogP contribution in [0.2, 0.25) is 0 Å². The Morgan fingerprint density at radius 1 is 1.19 bits per heavy atom. The molecule has 10 nitrogen and oxygen atoms in total. The average molecular weight is 502 g/mol. The number of hydrogen-bond acceptors (Lipinski definition) is 7. The highest BCUT2D eigenvalue weighted by Gasteiger charge is 2.25. The lowest BCUT2D eigenvalue weighted by molar-refractivity contribution is -0.125. The van der Waals surface area contributed by atoms with Crippen molar-refractivity contribution < 1.29 is 9.18 Å². The van der Waals surface area contributed by atoms with Crippen molar-refractivity contribution in [1.29, 1.82) is 0 Å². The maximum atomic E-state index is 13.2. The number of nitrogens with one attached hydrogen (secondary N) is 3. The van der Waals surface area contributed by atoms with Crippen molar-refractivity contribution >= 4 is 23.1 Å². The predicted octanol–water partition coefficient (Wildman–Crippen LogP) is 4.34. The fourth-order valence-corrected chi connectivity index (χ4v) is 4.29. The lowest BCUT2D eigenvalue weighted by Crippen LogP contribution is -2.33. The van der Waals surface area contributed by atoms with Crippen LogP contribution < -0.4 is 10.6 Å². The number of allylic oxidation sites excluding steroid dienone is 2. The van der Waals surface area contributed by atoms with Crippen molar-refractivity contribution in [2.45, 2.75) is 46.1 Å². The topological polar surface area (TPSA) is 126 Å². The molecule has 0 saturated heterocycles. The summed E-state index contributed by atoms with van der Waals surface area (Å²) < 4.78 is 14.6. The Labute approximate surface area is 213 Å². The number of hydrogen-bond donors (Lipinski definition) is 3. The summed E-state index contributed by atoms with van der Waals surface area (Å²) in [6, 6.07) is 7.18. The van der Waals surface area contributed by atoms with Crippen molar-refractivity contribution in [2.75, 3.05) is 5.32 Å². The molecule has 190 valence electrons. The van der Waals surface area contributed by atoms with Gasteiger partial charge < -0.3 is 10.6 Å². The summed E-state index contributed by atoms with van der Waals surface area (Å²) in [7, 11) is 0. The van der Waals surface area contributed by atoms with Gasteiger partial charge in [-0.25, -0.2) is 24.0 Å². The Bertz CT molecular complexity index is 1440. The van der Waals surface area contributed by atoms with E-state index in [0.29, 0.717) is 42.5 Å². The minimum Gasteiger partial charge on any atom is -0.349 e. The second kappa shape index (κ2) is 10.3. The number of aromatic amines is 1. The molecule has 37 heavy (non-hydrogen) atoms. The normalized spacial score (nSPS) is 16.2. The number of rotatable bonds is 7. The predicted molar refractivity (Wildman–Crippen MR) is 137 cm³/mol. The molecule has 0 bridgehead atoms. The number of amides is 1.